The second kappa shape index (κ2) is 59.2. The van der Waals surface area contributed by atoms with Gasteiger partial charge in [-0.1, -0.05) is 321 Å². The fourth-order valence-corrected chi connectivity index (χ4v) is 9.99. The third-order valence-electron chi connectivity index (χ3n) is 14.8. The highest BCUT2D eigenvalue weighted by molar-refractivity contribution is 5.76. The monoisotopic (exact) mass is 974 g/mol. The molecule has 69 heavy (non-hydrogen) atoms. The molecule has 0 aromatic heterocycles. The minimum Gasteiger partial charge on any atom is -0.466 e. The van der Waals surface area contributed by atoms with Gasteiger partial charge in [0.05, 0.1) is 25.4 Å². The van der Waals surface area contributed by atoms with Crippen LogP contribution in [0.2, 0.25) is 0 Å². The number of aliphatic hydroxyl groups excluding tert-OH is 2. The van der Waals surface area contributed by atoms with Gasteiger partial charge in [-0.05, 0) is 32.1 Å². The molecule has 0 saturated heterocycles. The number of esters is 1. The Hall–Kier alpha value is -1.40. The fraction of sp³-hybridized carbons (Fsp3) is 0.937. The largest absolute Gasteiger partial charge is 0.466 e. The summed E-state index contributed by atoms with van der Waals surface area (Å²) < 4.78 is 5.48. The molecule has 0 aromatic carbocycles. The van der Waals surface area contributed by atoms with E-state index in [1.807, 2.05) is 6.08 Å². The van der Waals surface area contributed by atoms with Crippen molar-refractivity contribution < 1.29 is 24.5 Å². The molecule has 0 aromatic rings. The first-order valence-corrected chi connectivity index (χ1v) is 31.5. The number of carbonyl (C=O) groups excluding carboxylic acids is 2. The second-order valence-corrected chi connectivity index (χ2v) is 21.8. The van der Waals surface area contributed by atoms with Crippen LogP contribution in [0.5, 0.6) is 0 Å². The Bertz CT molecular complexity index is 1030. The van der Waals surface area contributed by atoms with E-state index >= 15 is 0 Å². The van der Waals surface area contributed by atoms with E-state index in [1.54, 1.807) is 6.08 Å². The molecule has 0 fully saturated rings. The minimum absolute atomic E-state index is 0.0106. The normalized spacial score (nSPS) is 12.6. The van der Waals surface area contributed by atoms with Gasteiger partial charge in [-0.15, -0.1) is 0 Å². The van der Waals surface area contributed by atoms with Gasteiger partial charge >= 0.3 is 5.97 Å². The Balaban J connectivity index is 3.47. The van der Waals surface area contributed by atoms with Gasteiger partial charge in [0.1, 0.15) is 0 Å². The molecule has 3 N–H and O–H groups in total. The molecule has 2 atom stereocenters. The van der Waals surface area contributed by atoms with Crippen molar-refractivity contribution in [3.05, 3.63) is 12.2 Å². The average molecular weight is 975 g/mol. The summed E-state index contributed by atoms with van der Waals surface area (Å²) in [6, 6.07) is -0.642. The Labute approximate surface area is 431 Å². The number of hydrogen-bond donors (Lipinski definition) is 3. The Morgan fingerprint density at radius 3 is 0.986 bits per heavy atom. The average Bonchev–Trinajstić information content (AvgIpc) is 3.35. The number of carbonyl (C=O) groups is 2. The zero-order valence-electron chi connectivity index (χ0n) is 46.8. The summed E-state index contributed by atoms with van der Waals surface area (Å²) >= 11 is 0. The van der Waals surface area contributed by atoms with Gasteiger partial charge in [0, 0.05) is 12.8 Å². The number of amides is 1. The van der Waals surface area contributed by atoms with Crippen LogP contribution in [0, 0.1) is 0 Å². The maximum atomic E-state index is 12.5. The first-order valence-electron chi connectivity index (χ1n) is 31.5. The lowest BCUT2D eigenvalue weighted by Crippen LogP contribution is -2.45. The maximum absolute atomic E-state index is 12.5. The van der Waals surface area contributed by atoms with Crippen LogP contribution in [0.3, 0.4) is 0 Å². The number of nitrogens with one attached hydrogen (secondary N) is 1. The molecule has 0 saturated carbocycles. The first kappa shape index (κ1) is 67.6. The number of rotatable bonds is 59. The molecule has 0 aliphatic carbocycles. The van der Waals surface area contributed by atoms with Crippen LogP contribution in [-0.2, 0) is 14.3 Å². The van der Waals surface area contributed by atoms with Gasteiger partial charge in [-0.2, -0.15) is 0 Å². The minimum atomic E-state index is -0.857. The zero-order valence-corrected chi connectivity index (χ0v) is 46.8. The molecule has 0 heterocycles. The molecule has 1 amide bonds. The van der Waals surface area contributed by atoms with Crippen molar-refractivity contribution in [1.82, 2.24) is 5.32 Å². The number of unbranched alkanes of at least 4 members (excludes halogenated alkanes) is 48. The van der Waals surface area contributed by atoms with Crippen LogP contribution in [0.1, 0.15) is 354 Å². The summed E-state index contributed by atoms with van der Waals surface area (Å²) in [5.41, 5.74) is 0. The predicted molar refractivity (Wildman–Crippen MR) is 301 cm³/mol. The van der Waals surface area contributed by atoms with Crippen molar-refractivity contribution in [2.45, 2.75) is 366 Å². The van der Waals surface area contributed by atoms with Gasteiger partial charge in [-0.25, -0.2) is 0 Å². The third-order valence-corrected chi connectivity index (χ3v) is 14.8. The van der Waals surface area contributed by atoms with Crippen LogP contribution in [0.4, 0.5) is 0 Å². The van der Waals surface area contributed by atoms with Crippen molar-refractivity contribution in [1.29, 1.82) is 0 Å². The molecular formula is C63H123NO5. The number of ether oxygens (including phenoxy) is 1. The third kappa shape index (κ3) is 55.8. The fourth-order valence-electron chi connectivity index (χ4n) is 9.99. The highest BCUT2D eigenvalue weighted by atomic mass is 16.5. The van der Waals surface area contributed by atoms with E-state index in [1.165, 1.54) is 270 Å². The van der Waals surface area contributed by atoms with E-state index in [-0.39, 0.29) is 18.5 Å². The Morgan fingerprint density at radius 2 is 0.667 bits per heavy atom. The van der Waals surface area contributed by atoms with Crippen LogP contribution in [-0.4, -0.2) is 47.4 Å². The molecule has 0 spiro atoms. The summed E-state index contributed by atoms with van der Waals surface area (Å²) in [4.78, 5) is 24.6. The lowest BCUT2D eigenvalue weighted by Gasteiger charge is -2.20. The summed E-state index contributed by atoms with van der Waals surface area (Å²) in [5.74, 6) is -0.0926. The number of aliphatic hydroxyl groups is 2. The first-order chi connectivity index (χ1) is 34.0. The summed E-state index contributed by atoms with van der Waals surface area (Å²) in [6.07, 6.45) is 71.1. The van der Waals surface area contributed by atoms with Gasteiger partial charge in [0.25, 0.3) is 0 Å². The molecule has 6 heteroatoms. The smallest absolute Gasteiger partial charge is 0.305 e. The molecule has 0 aliphatic heterocycles. The lowest BCUT2D eigenvalue weighted by molar-refractivity contribution is -0.143. The standard InChI is InChI=1S/C63H123NO5/c1-3-5-7-9-11-13-15-17-19-21-22-23-24-25-26-27-28-29-30-32-35-39-43-47-51-55-61(66)60(59-65)64-62(67)56-52-48-44-40-36-34-38-42-46-50-54-58-69-63(68)57-53-49-45-41-37-33-31-20-18-16-14-12-10-8-6-4-2/h51,55,60-61,65-66H,3-50,52-54,56-59H2,1-2H3,(H,64,67)/b55-51+. The molecule has 410 valence electrons. The number of allylic oxidation sites excluding steroid dienone is 1. The highest BCUT2D eigenvalue weighted by Gasteiger charge is 2.18. The number of hydrogen-bond acceptors (Lipinski definition) is 5. The topological polar surface area (TPSA) is 95.9 Å². The summed E-state index contributed by atoms with van der Waals surface area (Å²) in [5, 5.41) is 23.2. The summed E-state index contributed by atoms with van der Waals surface area (Å²) in [6.45, 7) is 4.90. The van der Waals surface area contributed by atoms with E-state index < -0.39 is 12.1 Å². The zero-order chi connectivity index (χ0) is 50.0. The van der Waals surface area contributed by atoms with Crippen LogP contribution < -0.4 is 5.32 Å². The predicted octanol–water partition coefficient (Wildman–Crippen LogP) is 19.6. The van der Waals surface area contributed by atoms with Gasteiger partial charge < -0.3 is 20.3 Å². The maximum Gasteiger partial charge on any atom is 0.305 e. The van der Waals surface area contributed by atoms with E-state index in [9.17, 15) is 19.8 Å². The van der Waals surface area contributed by atoms with Crippen molar-refractivity contribution in [3.63, 3.8) is 0 Å². The van der Waals surface area contributed by atoms with Crippen molar-refractivity contribution in [2.75, 3.05) is 13.2 Å². The van der Waals surface area contributed by atoms with Crippen molar-refractivity contribution >= 4 is 11.9 Å². The van der Waals surface area contributed by atoms with Crippen molar-refractivity contribution in [2.24, 2.45) is 0 Å². The molecule has 0 bridgehead atoms. The van der Waals surface area contributed by atoms with Crippen LogP contribution in [0.15, 0.2) is 12.2 Å². The van der Waals surface area contributed by atoms with Crippen LogP contribution in [0.25, 0.3) is 0 Å². The molecule has 2 unspecified atom stereocenters. The quantitative estimate of drug-likeness (QED) is 0.0321. The molecule has 0 radical (unpaired) electrons. The highest BCUT2D eigenvalue weighted by Crippen LogP contribution is 2.18. The summed E-state index contributed by atoms with van der Waals surface area (Å²) in [7, 11) is 0. The SMILES string of the molecule is CCCCCCCCCCCCCCCCCCCCCCCCC/C=C/C(O)C(CO)NC(=O)CCCCCCCCCCCCCOC(=O)CCCCCCCCCCCCCCCCCC. The van der Waals surface area contributed by atoms with Gasteiger partial charge in [-0.3, -0.25) is 9.59 Å². The van der Waals surface area contributed by atoms with Crippen molar-refractivity contribution in [3.8, 4) is 0 Å². The van der Waals surface area contributed by atoms with E-state index in [0.29, 0.717) is 19.4 Å². The van der Waals surface area contributed by atoms with Crippen LogP contribution >= 0.6 is 0 Å². The molecule has 0 aliphatic rings. The second-order valence-electron chi connectivity index (χ2n) is 21.8. The van der Waals surface area contributed by atoms with E-state index in [2.05, 4.69) is 19.2 Å². The Morgan fingerprint density at radius 1 is 0.391 bits per heavy atom. The molecule has 6 nitrogen and oxygen atoms in total. The van der Waals surface area contributed by atoms with E-state index in [4.69, 9.17) is 4.74 Å². The molecular weight excluding hydrogens is 851 g/mol. The Kier molecular flexibility index (Phi) is 58.0. The van der Waals surface area contributed by atoms with Gasteiger partial charge in [0.15, 0.2) is 0 Å². The molecule has 0 rings (SSSR count). The van der Waals surface area contributed by atoms with E-state index in [0.717, 1.165) is 57.8 Å². The lowest BCUT2D eigenvalue weighted by atomic mass is 10.0. The van der Waals surface area contributed by atoms with Gasteiger partial charge in [0.2, 0.25) is 5.91 Å².